The van der Waals surface area contributed by atoms with Crippen molar-refractivity contribution in [1.29, 1.82) is 0 Å². The predicted octanol–water partition coefficient (Wildman–Crippen LogP) is 3.55. The van der Waals surface area contributed by atoms with Crippen LogP contribution in [-0.4, -0.2) is 35.0 Å². The Bertz CT molecular complexity index is 1310. The van der Waals surface area contributed by atoms with Crippen LogP contribution in [0.25, 0.3) is 23.2 Å². The number of benzene rings is 3. The second-order valence-electron chi connectivity index (χ2n) is 6.25. The number of rotatable bonds is 5. The van der Waals surface area contributed by atoms with Crippen molar-refractivity contribution in [2.24, 2.45) is 0 Å². The van der Waals surface area contributed by atoms with E-state index < -0.39 is 10.0 Å². The van der Waals surface area contributed by atoms with E-state index in [0.29, 0.717) is 26.5 Å². The molecule has 0 saturated heterocycles. The highest BCUT2D eigenvalue weighted by Crippen LogP contribution is 2.26. The summed E-state index contributed by atoms with van der Waals surface area (Å²) in [6.45, 7) is 0. The molecule has 3 aromatic carbocycles. The average Bonchev–Trinajstić information content (AvgIpc) is 3.17. The van der Waals surface area contributed by atoms with Crippen molar-refractivity contribution in [3.8, 4) is 11.5 Å². The number of methoxy groups -OCH3 is 1. The summed E-state index contributed by atoms with van der Waals surface area (Å²) in [5.74, 6) is 0.379. The Kier molecular flexibility index (Phi) is 4.77. The predicted molar refractivity (Wildman–Crippen MR) is 110 cm³/mol. The first kappa shape index (κ1) is 18.7. The fourth-order valence-electron chi connectivity index (χ4n) is 2.83. The lowest BCUT2D eigenvalue weighted by molar-refractivity contribution is 0.415. The summed E-state index contributed by atoms with van der Waals surface area (Å²) < 4.78 is 32.2. The van der Waals surface area contributed by atoms with E-state index in [1.165, 1.54) is 25.3 Å². The first-order valence-corrected chi connectivity index (χ1v) is 10.1. The normalized spacial score (nSPS) is 11.9. The zero-order valence-electron chi connectivity index (χ0n) is 15.4. The Morgan fingerprint density at radius 1 is 0.931 bits per heavy atom. The molecule has 4 aromatic rings. The number of hydrogen-bond donors (Lipinski definition) is 1. The maximum atomic E-state index is 13.2. The maximum Gasteiger partial charge on any atom is 0.299 e. The number of aromatic nitrogens is 3. The van der Waals surface area contributed by atoms with Gasteiger partial charge in [-0.1, -0.05) is 46.7 Å². The van der Waals surface area contributed by atoms with Gasteiger partial charge in [-0.05, 0) is 35.4 Å². The molecule has 1 aromatic heterocycles. The molecular formula is C21H17N3O4S. The summed E-state index contributed by atoms with van der Waals surface area (Å²) in [5, 5.41) is 18.1. The number of aromatic hydroxyl groups is 1. The first-order valence-electron chi connectivity index (χ1n) is 8.70. The van der Waals surface area contributed by atoms with Crippen LogP contribution in [0.2, 0.25) is 0 Å². The van der Waals surface area contributed by atoms with E-state index in [1.54, 1.807) is 30.4 Å². The van der Waals surface area contributed by atoms with Crippen molar-refractivity contribution in [2.45, 2.75) is 4.90 Å². The Morgan fingerprint density at radius 2 is 1.69 bits per heavy atom. The smallest absolute Gasteiger partial charge is 0.299 e. The molecule has 0 spiro atoms. The molecule has 146 valence electrons. The lowest BCUT2D eigenvalue weighted by atomic mass is 10.1. The number of phenols is 1. The van der Waals surface area contributed by atoms with Gasteiger partial charge in [0.2, 0.25) is 0 Å². The minimum Gasteiger partial charge on any atom is -0.508 e. The molecule has 0 radical (unpaired) electrons. The van der Waals surface area contributed by atoms with Gasteiger partial charge in [0, 0.05) is 12.1 Å². The number of ether oxygens (including phenoxy) is 1. The van der Waals surface area contributed by atoms with E-state index >= 15 is 0 Å². The van der Waals surface area contributed by atoms with Gasteiger partial charge in [-0.2, -0.15) is 8.42 Å². The summed E-state index contributed by atoms with van der Waals surface area (Å²) in [6, 6.07) is 18.6. The number of nitrogens with zero attached hydrogens (tertiary/aromatic N) is 3. The summed E-state index contributed by atoms with van der Waals surface area (Å²) in [7, 11) is -2.62. The van der Waals surface area contributed by atoms with Crippen LogP contribution in [0.3, 0.4) is 0 Å². The van der Waals surface area contributed by atoms with E-state index in [1.807, 2.05) is 30.3 Å². The molecule has 0 unspecified atom stereocenters. The summed E-state index contributed by atoms with van der Waals surface area (Å²) in [5.41, 5.74) is 2.12. The molecule has 0 fully saturated rings. The number of hydrogen-bond acceptors (Lipinski definition) is 6. The SMILES string of the molecule is COc1ccc2nn(S(=O)(=O)c3cc(O)ccc3C=Cc3ccccc3)nc2c1. The maximum absolute atomic E-state index is 13.2. The average molecular weight is 407 g/mol. The van der Waals surface area contributed by atoms with Crippen LogP contribution >= 0.6 is 0 Å². The molecule has 7 nitrogen and oxygen atoms in total. The molecule has 29 heavy (non-hydrogen) atoms. The molecule has 0 bridgehead atoms. The Hall–Kier alpha value is -3.65. The lowest BCUT2D eigenvalue weighted by Crippen LogP contribution is -2.17. The van der Waals surface area contributed by atoms with Gasteiger partial charge in [-0.15, -0.1) is 10.2 Å². The van der Waals surface area contributed by atoms with Gasteiger partial charge in [0.15, 0.2) is 0 Å². The van der Waals surface area contributed by atoms with Crippen LogP contribution in [0, 0.1) is 0 Å². The van der Waals surface area contributed by atoms with E-state index in [9.17, 15) is 13.5 Å². The molecule has 8 heteroatoms. The van der Waals surface area contributed by atoms with Gasteiger partial charge in [-0.3, -0.25) is 0 Å². The van der Waals surface area contributed by atoms with Crippen LogP contribution in [0.15, 0.2) is 71.6 Å². The van der Waals surface area contributed by atoms with Crippen molar-refractivity contribution in [2.75, 3.05) is 7.11 Å². The quantitative estimate of drug-likeness (QED) is 0.509. The molecule has 0 aliphatic rings. The fraction of sp³-hybridized carbons (Fsp3) is 0.0476. The molecular weight excluding hydrogens is 390 g/mol. The lowest BCUT2D eigenvalue weighted by Gasteiger charge is -2.07. The molecule has 1 heterocycles. The van der Waals surface area contributed by atoms with Crippen molar-refractivity contribution < 1.29 is 18.3 Å². The third-order valence-electron chi connectivity index (χ3n) is 4.31. The Morgan fingerprint density at radius 3 is 2.45 bits per heavy atom. The highest BCUT2D eigenvalue weighted by molar-refractivity contribution is 7.89. The Labute approximate surface area is 167 Å². The summed E-state index contributed by atoms with van der Waals surface area (Å²) >= 11 is 0. The zero-order valence-corrected chi connectivity index (χ0v) is 16.2. The van der Waals surface area contributed by atoms with E-state index in [2.05, 4.69) is 10.2 Å². The molecule has 1 N–H and O–H groups in total. The molecule has 4 rings (SSSR count). The van der Waals surface area contributed by atoms with Crippen molar-refractivity contribution in [3.05, 3.63) is 77.9 Å². The van der Waals surface area contributed by atoms with Crippen LogP contribution in [0.5, 0.6) is 11.5 Å². The number of fused-ring (bicyclic) bond motifs is 1. The monoisotopic (exact) mass is 407 g/mol. The molecule has 0 amide bonds. The van der Waals surface area contributed by atoms with Crippen LogP contribution < -0.4 is 4.74 Å². The second-order valence-corrected chi connectivity index (χ2v) is 7.97. The summed E-state index contributed by atoms with van der Waals surface area (Å²) in [6.07, 6.45) is 3.47. The van der Waals surface area contributed by atoms with Crippen molar-refractivity contribution >= 4 is 33.2 Å². The van der Waals surface area contributed by atoms with Gasteiger partial charge >= 0.3 is 0 Å². The Balaban J connectivity index is 1.80. The first-order chi connectivity index (χ1) is 14.0. The van der Waals surface area contributed by atoms with Gasteiger partial charge in [0.05, 0.1) is 7.11 Å². The van der Waals surface area contributed by atoms with Crippen LogP contribution in [-0.2, 0) is 10.0 Å². The van der Waals surface area contributed by atoms with Gasteiger partial charge in [0.25, 0.3) is 10.0 Å². The third-order valence-corrected chi connectivity index (χ3v) is 5.82. The van der Waals surface area contributed by atoms with Gasteiger partial charge in [-0.25, -0.2) is 0 Å². The highest BCUT2D eigenvalue weighted by Gasteiger charge is 2.24. The van der Waals surface area contributed by atoms with E-state index in [4.69, 9.17) is 4.74 Å². The highest BCUT2D eigenvalue weighted by atomic mass is 32.2. The molecule has 0 saturated carbocycles. The van der Waals surface area contributed by atoms with Gasteiger partial charge < -0.3 is 9.84 Å². The molecule has 0 atom stereocenters. The molecule has 0 aliphatic heterocycles. The standard InChI is InChI=1S/C21H17N3O4S/c1-28-18-11-12-19-20(14-18)23-24(22-19)29(26,27)21-13-17(25)10-9-16(21)8-7-15-5-3-2-4-6-15/h2-14,25H,1H3. The van der Waals surface area contributed by atoms with Crippen LogP contribution in [0.1, 0.15) is 11.1 Å². The molecule has 0 aliphatic carbocycles. The largest absolute Gasteiger partial charge is 0.508 e. The van der Waals surface area contributed by atoms with Crippen molar-refractivity contribution in [3.63, 3.8) is 0 Å². The minimum absolute atomic E-state index is 0.100. The van der Waals surface area contributed by atoms with E-state index in [0.717, 1.165) is 5.56 Å². The second kappa shape index (κ2) is 7.40. The van der Waals surface area contributed by atoms with E-state index in [-0.39, 0.29) is 10.6 Å². The topological polar surface area (TPSA) is 94.3 Å². The fourth-order valence-corrected chi connectivity index (χ4v) is 4.10. The summed E-state index contributed by atoms with van der Waals surface area (Å²) in [4.78, 5) is -0.100. The third kappa shape index (κ3) is 3.70. The minimum atomic E-state index is -4.14. The zero-order chi connectivity index (χ0) is 20.4. The number of phenolic OH excluding ortho intramolecular Hbond substituents is 1. The van der Waals surface area contributed by atoms with Crippen LogP contribution in [0.4, 0.5) is 0 Å². The van der Waals surface area contributed by atoms with Crippen molar-refractivity contribution in [1.82, 2.24) is 14.4 Å². The van der Waals surface area contributed by atoms with Gasteiger partial charge in [0.1, 0.15) is 27.4 Å².